The Morgan fingerprint density at radius 2 is 1.78 bits per heavy atom. The van der Waals surface area contributed by atoms with E-state index >= 15 is 0 Å². The van der Waals surface area contributed by atoms with E-state index in [0.717, 1.165) is 5.56 Å². The van der Waals surface area contributed by atoms with Crippen LogP contribution < -0.4 is 11.2 Å². The van der Waals surface area contributed by atoms with Crippen LogP contribution in [0.25, 0.3) is 11.2 Å². The van der Waals surface area contributed by atoms with E-state index in [0.29, 0.717) is 30.7 Å². The van der Waals surface area contributed by atoms with Gasteiger partial charge in [0.2, 0.25) is 0 Å². The zero-order valence-electron chi connectivity index (χ0n) is 15.3. The molecule has 0 aliphatic carbocycles. The van der Waals surface area contributed by atoms with Gasteiger partial charge < -0.3 is 4.57 Å². The largest absolute Gasteiger partial charge is 0.333 e. The zero-order chi connectivity index (χ0) is 19.6. The monoisotopic (exact) mass is 432 g/mol. The van der Waals surface area contributed by atoms with Crippen LogP contribution in [0.1, 0.15) is 32.3 Å². The molecule has 0 saturated carbocycles. The van der Waals surface area contributed by atoms with Gasteiger partial charge in [-0.15, -0.1) is 0 Å². The van der Waals surface area contributed by atoms with Crippen LogP contribution in [0.15, 0.2) is 44.7 Å². The third-order valence-corrected chi connectivity index (χ3v) is 5.03. The molecule has 1 aromatic carbocycles. The quantitative estimate of drug-likeness (QED) is 0.537. The van der Waals surface area contributed by atoms with Gasteiger partial charge in [-0.2, -0.15) is 0 Å². The molecule has 3 rings (SSSR count). The first-order valence-electron chi connectivity index (χ1n) is 8.92. The molecule has 0 bridgehead atoms. The van der Waals surface area contributed by atoms with Crippen LogP contribution in [-0.4, -0.2) is 24.5 Å². The van der Waals surface area contributed by atoms with E-state index in [9.17, 15) is 14.4 Å². The number of carbonyl (C=O) groups excluding carboxylic acids is 1. The van der Waals surface area contributed by atoms with Gasteiger partial charge in [-0.05, 0) is 27.9 Å². The lowest BCUT2D eigenvalue weighted by atomic mass is 10.2. The highest BCUT2D eigenvalue weighted by atomic mass is 79.9. The minimum Gasteiger partial charge on any atom is -0.305 e. The van der Waals surface area contributed by atoms with E-state index in [1.807, 2.05) is 37.3 Å². The number of hydrogen-bond donors (Lipinski definition) is 0. The molecule has 0 amide bonds. The standard InChI is InChI=1S/C19H21BrN4O3/c1-3-10-22-17(26)15-16(21-18(20)23(15)12-14(25)4-2)24(19(22)27)11-13-8-6-5-7-9-13/h5-9H,3-4,10-12H2,1-2H3. The van der Waals surface area contributed by atoms with Gasteiger partial charge in [-0.25, -0.2) is 9.78 Å². The Balaban J connectivity index is 2.30. The second-order valence-electron chi connectivity index (χ2n) is 6.34. The highest BCUT2D eigenvalue weighted by molar-refractivity contribution is 9.10. The van der Waals surface area contributed by atoms with E-state index in [4.69, 9.17) is 0 Å². The first-order valence-corrected chi connectivity index (χ1v) is 9.72. The fourth-order valence-electron chi connectivity index (χ4n) is 3.03. The van der Waals surface area contributed by atoms with Crippen molar-refractivity contribution in [1.29, 1.82) is 0 Å². The van der Waals surface area contributed by atoms with Crippen LogP contribution >= 0.6 is 15.9 Å². The number of halogens is 1. The van der Waals surface area contributed by atoms with Crippen LogP contribution in [0.5, 0.6) is 0 Å². The fourth-order valence-corrected chi connectivity index (χ4v) is 3.50. The van der Waals surface area contributed by atoms with Crippen molar-refractivity contribution in [2.75, 3.05) is 0 Å². The summed E-state index contributed by atoms with van der Waals surface area (Å²) in [5, 5.41) is 0. The van der Waals surface area contributed by atoms with Crippen molar-refractivity contribution in [2.45, 2.75) is 46.3 Å². The molecule has 7 nitrogen and oxygen atoms in total. The molecule has 0 fully saturated rings. The molecule has 0 aliphatic heterocycles. The maximum Gasteiger partial charge on any atom is 0.333 e. The highest BCUT2D eigenvalue weighted by Gasteiger charge is 2.21. The lowest BCUT2D eigenvalue weighted by molar-refractivity contribution is -0.119. The SMILES string of the molecule is CCCn1c(=O)c2c(nc(Br)n2CC(=O)CC)n(Cc2ccccc2)c1=O. The molecule has 0 saturated heterocycles. The average molecular weight is 433 g/mol. The van der Waals surface area contributed by atoms with Gasteiger partial charge in [0, 0.05) is 13.0 Å². The van der Waals surface area contributed by atoms with E-state index in [1.54, 1.807) is 11.5 Å². The summed E-state index contributed by atoms with van der Waals surface area (Å²) in [6.45, 7) is 4.33. The molecule has 0 unspecified atom stereocenters. The van der Waals surface area contributed by atoms with Crippen molar-refractivity contribution < 1.29 is 4.79 Å². The molecule has 0 radical (unpaired) electrons. The topological polar surface area (TPSA) is 78.9 Å². The Morgan fingerprint density at radius 1 is 1.07 bits per heavy atom. The number of fused-ring (bicyclic) bond motifs is 1. The minimum absolute atomic E-state index is 0.0164. The lowest BCUT2D eigenvalue weighted by Crippen LogP contribution is -2.41. The Kier molecular flexibility index (Phi) is 5.74. The van der Waals surface area contributed by atoms with Crippen LogP contribution in [0.4, 0.5) is 0 Å². The number of imidazole rings is 1. The van der Waals surface area contributed by atoms with Gasteiger partial charge in [0.1, 0.15) is 0 Å². The van der Waals surface area contributed by atoms with Crippen LogP contribution in [0, 0.1) is 0 Å². The molecular formula is C19H21BrN4O3. The van der Waals surface area contributed by atoms with Gasteiger partial charge >= 0.3 is 5.69 Å². The van der Waals surface area contributed by atoms with Crippen molar-refractivity contribution in [2.24, 2.45) is 0 Å². The zero-order valence-corrected chi connectivity index (χ0v) is 16.9. The predicted molar refractivity (Wildman–Crippen MR) is 107 cm³/mol. The summed E-state index contributed by atoms with van der Waals surface area (Å²) in [6, 6.07) is 9.53. The van der Waals surface area contributed by atoms with E-state index < -0.39 is 11.2 Å². The summed E-state index contributed by atoms with van der Waals surface area (Å²) in [6.07, 6.45) is 1.01. The van der Waals surface area contributed by atoms with Crippen LogP contribution in [0.2, 0.25) is 0 Å². The summed E-state index contributed by atoms with van der Waals surface area (Å²) in [5.41, 5.74) is 0.683. The first-order chi connectivity index (χ1) is 13.0. The molecule has 2 aromatic heterocycles. The average Bonchev–Trinajstić information content (AvgIpc) is 2.99. The van der Waals surface area contributed by atoms with E-state index in [-0.39, 0.29) is 23.5 Å². The number of aromatic nitrogens is 4. The van der Waals surface area contributed by atoms with E-state index in [1.165, 1.54) is 9.13 Å². The first kappa shape index (κ1) is 19.3. The predicted octanol–water partition coefficient (Wildman–Crippen LogP) is 2.56. The molecule has 0 atom stereocenters. The second kappa shape index (κ2) is 8.04. The summed E-state index contributed by atoms with van der Waals surface area (Å²) < 4.78 is 4.65. The molecule has 142 valence electrons. The maximum absolute atomic E-state index is 13.0. The van der Waals surface area contributed by atoms with Gasteiger partial charge in [-0.3, -0.25) is 18.7 Å². The molecule has 8 heteroatoms. The third-order valence-electron chi connectivity index (χ3n) is 4.43. The number of hydrogen-bond acceptors (Lipinski definition) is 4. The van der Waals surface area contributed by atoms with Gasteiger partial charge in [0.25, 0.3) is 5.56 Å². The number of Topliss-reactive ketones (excluding diaryl/α,β-unsaturated/α-hetero) is 1. The number of ketones is 1. The Bertz CT molecular complexity index is 1100. The number of rotatable bonds is 7. The summed E-state index contributed by atoms with van der Waals surface area (Å²) in [7, 11) is 0. The van der Waals surface area contributed by atoms with Crippen molar-refractivity contribution in [1.82, 2.24) is 18.7 Å². The van der Waals surface area contributed by atoms with Crippen molar-refractivity contribution in [3.8, 4) is 0 Å². The number of nitrogens with zero attached hydrogens (tertiary/aromatic N) is 4. The molecule has 0 N–H and O–H groups in total. The number of carbonyl (C=O) groups is 1. The lowest BCUT2D eigenvalue weighted by Gasteiger charge is -2.12. The van der Waals surface area contributed by atoms with Crippen LogP contribution in [0.3, 0.4) is 0 Å². The molecule has 0 spiro atoms. The molecule has 27 heavy (non-hydrogen) atoms. The normalized spacial score (nSPS) is 11.2. The van der Waals surface area contributed by atoms with E-state index in [2.05, 4.69) is 20.9 Å². The van der Waals surface area contributed by atoms with Gasteiger partial charge in [-0.1, -0.05) is 44.2 Å². The van der Waals surface area contributed by atoms with Crippen molar-refractivity contribution in [3.05, 3.63) is 61.5 Å². The van der Waals surface area contributed by atoms with Gasteiger partial charge in [0.05, 0.1) is 13.1 Å². The molecular weight excluding hydrogens is 412 g/mol. The van der Waals surface area contributed by atoms with Crippen molar-refractivity contribution in [3.63, 3.8) is 0 Å². The van der Waals surface area contributed by atoms with Crippen LogP contribution in [-0.2, 0) is 24.4 Å². The van der Waals surface area contributed by atoms with Gasteiger partial charge in [0.15, 0.2) is 21.7 Å². The third kappa shape index (κ3) is 3.66. The Morgan fingerprint density at radius 3 is 2.41 bits per heavy atom. The highest BCUT2D eigenvalue weighted by Crippen LogP contribution is 2.18. The Hall–Kier alpha value is -2.48. The number of benzene rings is 1. The fraction of sp³-hybridized carbons (Fsp3) is 0.368. The summed E-state index contributed by atoms with van der Waals surface area (Å²) in [5.74, 6) is -0.0164. The minimum atomic E-state index is -0.414. The Labute approximate surface area is 164 Å². The maximum atomic E-state index is 13.0. The molecule has 0 aliphatic rings. The van der Waals surface area contributed by atoms with Crippen molar-refractivity contribution >= 4 is 32.9 Å². The second-order valence-corrected chi connectivity index (χ2v) is 7.05. The molecule has 3 aromatic rings. The summed E-state index contributed by atoms with van der Waals surface area (Å²) in [4.78, 5) is 42.4. The smallest absolute Gasteiger partial charge is 0.305 e. The molecule has 2 heterocycles. The summed E-state index contributed by atoms with van der Waals surface area (Å²) >= 11 is 3.35.